The van der Waals surface area contributed by atoms with Crippen LogP contribution in [0.3, 0.4) is 0 Å². The maximum absolute atomic E-state index is 11.7. The molecular weight excluding hydrogens is 364 g/mol. The second kappa shape index (κ2) is 9.08. The van der Waals surface area contributed by atoms with Crippen molar-refractivity contribution in [3.63, 3.8) is 0 Å². The normalized spacial score (nSPS) is 10.7. The minimum atomic E-state index is -0.760. The van der Waals surface area contributed by atoms with Gasteiger partial charge >= 0.3 is 12.0 Å². The molecule has 2 aromatic heterocycles. The lowest BCUT2D eigenvalue weighted by Gasteiger charge is -2.05. The van der Waals surface area contributed by atoms with Crippen LogP contribution in [0.4, 0.5) is 4.79 Å². The smallest absolute Gasteiger partial charge is 0.331 e. The zero-order chi connectivity index (χ0) is 19.8. The van der Waals surface area contributed by atoms with E-state index in [0.717, 1.165) is 11.6 Å². The Morgan fingerprint density at radius 3 is 2.71 bits per heavy atom. The van der Waals surface area contributed by atoms with Crippen molar-refractivity contribution in [3.8, 4) is 0 Å². The third-order valence-corrected chi connectivity index (χ3v) is 3.46. The molecule has 142 valence electrons. The van der Waals surface area contributed by atoms with Crippen LogP contribution in [0.2, 0.25) is 0 Å². The monoisotopic (exact) mass is 380 g/mol. The van der Waals surface area contributed by atoms with Crippen LogP contribution in [0.15, 0.2) is 59.4 Å². The largest absolute Gasteiger partial charge is 0.467 e. The van der Waals surface area contributed by atoms with Crippen LogP contribution in [-0.2, 0) is 20.9 Å². The Kier molecular flexibility index (Phi) is 6.09. The number of ether oxygens (including phenoxy) is 1. The molecule has 0 aliphatic carbocycles. The molecule has 0 radical (unpaired) electrons. The summed E-state index contributed by atoms with van der Waals surface area (Å²) in [6, 6.07) is 9.95. The van der Waals surface area contributed by atoms with Crippen LogP contribution in [0.5, 0.6) is 0 Å². The van der Waals surface area contributed by atoms with Gasteiger partial charge in [-0.3, -0.25) is 15.1 Å². The van der Waals surface area contributed by atoms with Crippen molar-refractivity contribution >= 4 is 35.0 Å². The molecule has 2 heterocycles. The zero-order valence-electron chi connectivity index (χ0n) is 14.6. The van der Waals surface area contributed by atoms with Crippen molar-refractivity contribution in [2.75, 3.05) is 6.61 Å². The van der Waals surface area contributed by atoms with Gasteiger partial charge in [-0.1, -0.05) is 12.1 Å². The predicted molar refractivity (Wildman–Crippen MR) is 98.6 cm³/mol. The summed E-state index contributed by atoms with van der Waals surface area (Å²) in [6.45, 7) is -0.470. The lowest BCUT2D eigenvalue weighted by Crippen LogP contribution is -2.41. The van der Waals surface area contributed by atoms with Crippen molar-refractivity contribution < 1.29 is 23.5 Å². The predicted octanol–water partition coefficient (Wildman–Crippen LogP) is 1.81. The van der Waals surface area contributed by atoms with Gasteiger partial charge in [0.1, 0.15) is 5.76 Å². The lowest BCUT2D eigenvalue weighted by atomic mass is 10.3. The molecule has 3 aromatic rings. The van der Waals surface area contributed by atoms with E-state index in [1.807, 2.05) is 23.5 Å². The highest BCUT2D eigenvalue weighted by molar-refractivity contribution is 5.96. The van der Waals surface area contributed by atoms with Crippen molar-refractivity contribution in [2.24, 2.45) is 0 Å². The van der Waals surface area contributed by atoms with Crippen LogP contribution in [-0.4, -0.2) is 34.5 Å². The fraction of sp³-hybridized carbons (Fsp3) is 0.105. The zero-order valence-corrected chi connectivity index (χ0v) is 14.6. The number of nitrogens with one attached hydrogen (secondary N) is 2. The Bertz CT molecular complexity index is 1010. The van der Waals surface area contributed by atoms with E-state index in [1.54, 1.807) is 18.2 Å². The molecule has 0 spiro atoms. The Morgan fingerprint density at radius 2 is 1.93 bits per heavy atom. The molecule has 3 amide bonds. The SMILES string of the molecule is O=C(COC(=O)/C=C/c1cnc2ccccc2n1)NC(=O)NCc1ccco1. The van der Waals surface area contributed by atoms with Gasteiger partial charge in [-0.25, -0.2) is 14.6 Å². The van der Waals surface area contributed by atoms with Gasteiger partial charge in [-0.05, 0) is 30.3 Å². The van der Waals surface area contributed by atoms with E-state index in [1.165, 1.54) is 18.5 Å². The molecule has 1 aromatic carbocycles. The molecule has 9 heteroatoms. The topological polar surface area (TPSA) is 123 Å². The van der Waals surface area contributed by atoms with Crippen LogP contribution < -0.4 is 10.6 Å². The molecule has 3 rings (SSSR count). The highest BCUT2D eigenvalue weighted by Crippen LogP contribution is 2.09. The Morgan fingerprint density at radius 1 is 1.11 bits per heavy atom. The number of carbonyl (C=O) groups excluding carboxylic acids is 3. The van der Waals surface area contributed by atoms with Crippen molar-refractivity contribution in [3.05, 3.63) is 66.4 Å². The fourth-order valence-electron chi connectivity index (χ4n) is 2.18. The fourth-order valence-corrected chi connectivity index (χ4v) is 2.18. The number of urea groups is 1. The molecule has 0 saturated carbocycles. The van der Waals surface area contributed by atoms with Crippen LogP contribution in [0, 0.1) is 0 Å². The van der Waals surface area contributed by atoms with Gasteiger partial charge in [-0.15, -0.1) is 0 Å². The van der Waals surface area contributed by atoms with Crippen LogP contribution in [0.1, 0.15) is 11.5 Å². The molecule has 28 heavy (non-hydrogen) atoms. The molecule has 2 N–H and O–H groups in total. The minimum Gasteiger partial charge on any atom is -0.467 e. The van der Waals surface area contributed by atoms with Gasteiger partial charge in [0, 0.05) is 6.08 Å². The number of nitrogens with zero attached hydrogens (tertiary/aromatic N) is 2. The highest BCUT2D eigenvalue weighted by Gasteiger charge is 2.10. The Balaban J connectivity index is 1.41. The second-order valence-corrected chi connectivity index (χ2v) is 5.53. The van der Waals surface area contributed by atoms with Gasteiger partial charge in [0.25, 0.3) is 5.91 Å². The molecule has 0 saturated heterocycles. The molecule has 0 fully saturated rings. The van der Waals surface area contributed by atoms with E-state index >= 15 is 0 Å². The number of furan rings is 1. The number of amides is 3. The summed E-state index contributed by atoms with van der Waals surface area (Å²) in [7, 11) is 0. The molecule has 0 atom stereocenters. The highest BCUT2D eigenvalue weighted by atomic mass is 16.5. The van der Waals surface area contributed by atoms with Crippen molar-refractivity contribution in [2.45, 2.75) is 6.54 Å². The number of para-hydroxylation sites is 2. The molecule has 0 unspecified atom stereocenters. The van der Waals surface area contributed by atoms with Crippen LogP contribution in [0.25, 0.3) is 17.1 Å². The van der Waals surface area contributed by atoms with E-state index in [4.69, 9.17) is 9.15 Å². The van der Waals surface area contributed by atoms with E-state index in [0.29, 0.717) is 17.0 Å². The number of carbonyl (C=O) groups is 3. The standard InChI is InChI=1S/C19H16N4O5/c24-17(23-19(26)21-11-14-4-3-9-27-14)12-28-18(25)8-7-13-10-20-15-5-1-2-6-16(15)22-13/h1-10H,11-12H2,(H2,21,23,24,26)/b8-7+. The average molecular weight is 380 g/mol. The summed E-state index contributed by atoms with van der Waals surface area (Å²) in [5, 5.41) is 4.47. The summed E-state index contributed by atoms with van der Waals surface area (Å²) in [5.41, 5.74) is 1.90. The maximum Gasteiger partial charge on any atom is 0.331 e. The third-order valence-electron chi connectivity index (χ3n) is 3.46. The number of imide groups is 1. The third kappa shape index (κ3) is 5.49. The van der Waals surface area contributed by atoms with Gasteiger partial charge in [0.05, 0.1) is 35.7 Å². The molecule has 0 bridgehead atoms. The maximum atomic E-state index is 11.7. The second-order valence-electron chi connectivity index (χ2n) is 5.53. The average Bonchev–Trinajstić information content (AvgIpc) is 3.22. The van der Waals surface area contributed by atoms with Crippen molar-refractivity contribution in [1.29, 1.82) is 0 Å². The van der Waals surface area contributed by atoms with Gasteiger partial charge < -0.3 is 14.5 Å². The van der Waals surface area contributed by atoms with Gasteiger partial charge in [-0.2, -0.15) is 0 Å². The first kappa shape index (κ1) is 18.8. The van der Waals surface area contributed by atoms with Gasteiger partial charge in [0.2, 0.25) is 0 Å². The van der Waals surface area contributed by atoms with Crippen LogP contribution >= 0.6 is 0 Å². The molecular formula is C19H16N4O5. The lowest BCUT2D eigenvalue weighted by molar-refractivity contribution is -0.143. The number of benzene rings is 1. The minimum absolute atomic E-state index is 0.126. The number of hydrogen-bond donors (Lipinski definition) is 2. The summed E-state index contributed by atoms with van der Waals surface area (Å²) in [4.78, 5) is 43.4. The van der Waals surface area contributed by atoms with E-state index < -0.39 is 24.5 Å². The van der Waals surface area contributed by atoms with Crippen molar-refractivity contribution in [1.82, 2.24) is 20.6 Å². The Labute approximate surface area is 159 Å². The number of esters is 1. The Hall–Kier alpha value is -4.01. The van der Waals surface area contributed by atoms with E-state index in [-0.39, 0.29) is 6.54 Å². The van der Waals surface area contributed by atoms with E-state index in [2.05, 4.69) is 15.3 Å². The summed E-state index contributed by atoms with van der Waals surface area (Å²) >= 11 is 0. The first-order valence-corrected chi connectivity index (χ1v) is 8.27. The first-order chi connectivity index (χ1) is 13.6. The number of aromatic nitrogens is 2. The number of hydrogen-bond acceptors (Lipinski definition) is 7. The van der Waals surface area contributed by atoms with Gasteiger partial charge in [0.15, 0.2) is 6.61 Å². The number of fused-ring (bicyclic) bond motifs is 1. The number of rotatable bonds is 6. The summed E-state index contributed by atoms with van der Waals surface area (Å²) in [6.07, 6.45) is 5.54. The molecule has 0 aliphatic heterocycles. The molecule has 0 aliphatic rings. The quantitative estimate of drug-likeness (QED) is 0.494. The van der Waals surface area contributed by atoms with E-state index in [9.17, 15) is 14.4 Å². The first-order valence-electron chi connectivity index (χ1n) is 8.27. The summed E-state index contributed by atoms with van der Waals surface area (Å²) in [5.74, 6) is -0.971. The molecule has 9 nitrogen and oxygen atoms in total. The summed E-state index contributed by atoms with van der Waals surface area (Å²) < 4.78 is 9.82.